The Morgan fingerprint density at radius 2 is 1.56 bits per heavy atom. The summed E-state index contributed by atoms with van der Waals surface area (Å²) in [7, 11) is 0. The number of hydrogen-bond donors (Lipinski definition) is 1. The Morgan fingerprint density at radius 3 is 2.12 bits per heavy atom. The number of ether oxygens (including phenoxy) is 1. The number of carbonyl (C=O) groups excluding carboxylic acids is 1. The number of benzene rings is 2. The number of carbonyl (C=O) groups is 1. The molecule has 0 aliphatic heterocycles. The Hall–Kier alpha value is -2.15. The van der Waals surface area contributed by atoms with Crippen molar-refractivity contribution >= 4 is 17.9 Å². The molecule has 0 bridgehead atoms. The number of amides is 1. The fraction of sp³-hybridized carbons (Fsp3) is 0.278. The zero-order valence-electron chi connectivity index (χ0n) is 13.3. The maximum absolute atomic E-state index is 12.5. The molecule has 2 rings (SSSR count). The standard InChI is InChI=1S/C18H18F3NO2S/c19-18(20,21)25-13-16(11-14-7-3-1-4-8-14)22-17(23)24-12-15-9-5-2-6-10-15/h1-10,16H,11-13H2,(H,22,23). The molecule has 0 fully saturated rings. The van der Waals surface area contributed by atoms with Crippen LogP contribution in [0.4, 0.5) is 18.0 Å². The Labute approximate surface area is 148 Å². The monoisotopic (exact) mass is 369 g/mol. The fourth-order valence-corrected chi connectivity index (χ4v) is 2.77. The van der Waals surface area contributed by atoms with Crippen molar-refractivity contribution in [1.82, 2.24) is 5.32 Å². The van der Waals surface area contributed by atoms with E-state index in [4.69, 9.17) is 4.74 Å². The Kier molecular flexibility index (Phi) is 7.18. The van der Waals surface area contributed by atoms with Crippen molar-refractivity contribution in [3.63, 3.8) is 0 Å². The summed E-state index contributed by atoms with van der Waals surface area (Å²) >= 11 is -0.153. The zero-order valence-corrected chi connectivity index (χ0v) is 14.1. The average molecular weight is 369 g/mol. The van der Waals surface area contributed by atoms with Gasteiger partial charge in [0.25, 0.3) is 0 Å². The van der Waals surface area contributed by atoms with Crippen LogP contribution in [-0.4, -0.2) is 23.4 Å². The summed E-state index contributed by atoms with van der Waals surface area (Å²) in [5.74, 6) is -0.279. The number of hydrogen-bond acceptors (Lipinski definition) is 3. The molecule has 1 N–H and O–H groups in total. The van der Waals surface area contributed by atoms with Crippen molar-refractivity contribution in [2.45, 2.75) is 24.6 Å². The van der Waals surface area contributed by atoms with Crippen molar-refractivity contribution in [3.8, 4) is 0 Å². The molecular formula is C18H18F3NO2S. The highest BCUT2D eigenvalue weighted by Crippen LogP contribution is 2.31. The molecule has 1 unspecified atom stereocenters. The van der Waals surface area contributed by atoms with Crippen LogP contribution in [0.3, 0.4) is 0 Å². The normalized spacial score (nSPS) is 12.4. The summed E-state index contributed by atoms with van der Waals surface area (Å²) in [6.45, 7) is 0.0666. The summed E-state index contributed by atoms with van der Waals surface area (Å²) in [5.41, 5.74) is -2.69. The average Bonchev–Trinajstić information content (AvgIpc) is 2.59. The molecule has 7 heteroatoms. The second kappa shape index (κ2) is 9.36. The van der Waals surface area contributed by atoms with Crippen LogP contribution in [-0.2, 0) is 17.8 Å². The highest BCUT2D eigenvalue weighted by molar-refractivity contribution is 8.00. The SMILES string of the molecule is O=C(NC(CSC(F)(F)F)Cc1ccccc1)OCc1ccccc1. The lowest BCUT2D eigenvalue weighted by atomic mass is 10.1. The van der Waals surface area contributed by atoms with E-state index in [0.717, 1.165) is 11.1 Å². The summed E-state index contributed by atoms with van der Waals surface area (Å²) in [4.78, 5) is 11.9. The van der Waals surface area contributed by atoms with Crippen LogP contribution in [0.2, 0.25) is 0 Å². The summed E-state index contributed by atoms with van der Waals surface area (Å²) in [6, 6.07) is 17.4. The predicted octanol–water partition coefficient (Wildman–Crippen LogP) is 4.78. The number of thioether (sulfide) groups is 1. The Bertz CT molecular complexity index is 650. The Balaban J connectivity index is 1.90. The first kappa shape index (κ1) is 19.2. The van der Waals surface area contributed by atoms with Gasteiger partial charge in [0.05, 0.1) is 0 Å². The number of alkyl halides is 3. The summed E-state index contributed by atoms with van der Waals surface area (Å²) in [5, 5.41) is 2.53. The molecule has 0 radical (unpaired) electrons. The van der Waals surface area contributed by atoms with Gasteiger partial charge in [0.15, 0.2) is 0 Å². The molecular weight excluding hydrogens is 351 g/mol. The van der Waals surface area contributed by atoms with Crippen LogP contribution in [0.15, 0.2) is 60.7 Å². The highest BCUT2D eigenvalue weighted by atomic mass is 32.2. The second-order valence-electron chi connectivity index (χ2n) is 5.35. The van der Waals surface area contributed by atoms with Crippen molar-refractivity contribution < 1.29 is 22.7 Å². The first-order valence-electron chi connectivity index (χ1n) is 7.64. The van der Waals surface area contributed by atoms with Crippen LogP contribution in [0.25, 0.3) is 0 Å². The predicted molar refractivity (Wildman–Crippen MR) is 92.2 cm³/mol. The molecule has 2 aromatic carbocycles. The van der Waals surface area contributed by atoms with E-state index >= 15 is 0 Å². The van der Waals surface area contributed by atoms with Gasteiger partial charge in [0.1, 0.15) is 6.61 Å². The minimum atomic E-state index is -4.34. The van der Waals surface area contributed by atoms with Gasteiger partial charge in [0.2, 0.25) is 0 Å². The maximum atomic E-state index is 12.5. The van der Waals surface area contributed by atoms with Gasteiger partial charge in [-0.05, 0) is 29.3 Å². The number of nitrogens with one attached hydrogen (secondary N) is 1. The molecule has 1 atom stereocenters. The van der Waals surface area contributed by atoms with Gasteiger partial charge in [-0.25, -0.2) is 4.79 Å². The number of halogens is 3. The molecule has 0 saturated carbocycles. The number of alkyl carbamates (subject to hydrolysis) is 1. The smallest absolute Gasteiger partial charge is 0.441 e. The van der Waals surface area contributed by atoms with E-state index in [-0.39, 0.29) is 24.1 Å². The fourth-order valence-electron chi connectivity index (χ4n) is 2.18. The van der Waals surface area contributed by atoms with Crippen LogP contribution in [0.1, 0.15) is 11.1 Å². The van der Waals surface area contributed by atoms with E-state index in [1.807, 2.05) is 36.4 Å². The van der Waals surface area contributed by atoms with Gasteiger partial charge in [-0.3, -0.25) is 0 Å². The van der Waals surface area contributed by atoms with Gasteiger partial charge >= 0.3 is 11.6 Å². The van der Waals surface area contributed by atoms with E-state index in [2.05, 4.69) is 5.32 Å². The van der Waals surface area contributed by atoms with E-state index in [0.29, 0.717) is 6.42 Å². The van der Waals surface area contributed by atoms with Gasteiger partial charge in [-0.2, -0.15) is 13.2 Å². The zero-order chi connectivity index (χ0) is 18.1. The van der Waals surface area contributed by atoms with Gasteiger partial charge < -0.3 is 10.1 Å². The molecule has 0 heterocycles. The molecule has 0 spiro atoms. The van der Waals surface area contributed by atoms with Crippen molar-refractivity contribution in [2.75, 3.05) is 5.75 Å². The van der Waals surface area contributed by atoms with Crippen molar-refractivity contribution in [1.29, 1.82) is 0 Å². The third kappa shape index (κ3) is 7.98. The van der Waals surface area contributed by atoms with E-state index < -0.39 is 17.6 Å². The van der Waals surface area contributed by atoms with Crippen LogP contribution in [0, 0.1) is 0 Å². The lowest BCUT2D eigenvalue weighted by molar-refractivity contribution is -0.0329. The van der Waals surface area contributed by atoms with Crippen LogP contribution in [0.5, 0.6) is 0 Å². The van der Waals surface area contributed by atoms with Crippen LogP contribution >= 0.6 is 11.8 Å². The third-order valence-corrected chi connectivity index (χ3v) is 4.20. The molecule has 1 amide bonds. The molecule has 2 aromatic rings. The lowest BCUT2D eigenvalue weighted by Crippen LogP contribution is -2.39. The molecule has 134 valence electrons. The molecule has 0 aliphatic rings. The molecule has 0 aliphatic carbocycles. The first-order valence-corrected chi connectivity index (χ1v) is 8.63. The van der Waals surface area contributed by atoms with Crippen molar-refractivity contribution in [3.05, 3.63) is 71.8 Å². The molecule has 3 nitrogen and oxygen atoms in total. The maximum Gasteiger partial charge on any atom is 0.441 e. The quantitative estimate of drug-likeness (QED) is 0.764. The minimum absolute atomic E-state index is 0.0666. The molecule has 25 heavy (non-hydrogen) atoms. The van der Waals surface area contributed by atoms with E-state index in [9.17, 15) is 18.0 Å². The number of rotatable bonds is 7. The van der Waals surface area contributed by atoms with Crippen molar-refractivity contribution in [2.24, 2.45) is 0 Å². The minimum Gasteiger partial charge on any atom is -0.445 e. The van der Waals surface area contributed by atoms with E-state index in [1.54, 1.807) is 24.3 Å². The molecule has 0 aromatic heterocycles. The highest BCUT2D eigenvalue weighted by Gasteiger charge is 2.30. The first-order chi connectivity index (χ1) is 11.9. The van der Waals surface area contributed by atoms with Crippen LogP contribution < -0.4 is 5.32 Å². The van der Waals surface area contributed by atoms with Gasteiger partial charge in [0, 0.05) is 11.8 Å². The largest absolute Gasteiger partial charge is 0.445 e. The van der Waals surface area contributed by atoms with Gasteiger partial charge in [-0.1, -0.05) is 60.7 Å². The second-order valence-corrected chi connectivity index (χ2v) is 6.43. The third-order valence-electron chi connectivity index (χ3n) is 3.31. The topological polar surface area (TPSA) is 38.3 Å². The molecule has 0 saturated heterocycles. The van der Waals surface area contributed by atoms with Gasteiger partial charge in [-0.15, -0.1) is 0 Å². The Morgan fingerprint density at radius 1 is 1.00 bits per heavy atom. The van der Waals surface area contributed by atoms with E-state index in [1.165, 1.54) is 0 Å². The summed E-state index contributed by atoms with van der Waals surface area (Å²) in [6.07, 6.45) is -0.433. The lowest BCUT2D eigenvalue weighted by Gasteiger charge is -2.19. The summed E-state index contributed by atoms with van der Waals surface area (Å²) < 4.78 is 42.5.